The quantitative estimate of drug-likeness (QED) is 0.800. The van der Waals surface area contributed by atoms with Gasteiger partial charge in [0.15, 0.2) is 0 Å². The summed E-state index contributed by atoms with van der Waals surface area (Å²) in [6.07, 6.45) is 0. The number of sulfonamides is 1. The molecule has 1 aliphatic heterocycles. The lowest BCUT2D eigenvalue weighted by Gasteiger charge is -2.23. The molecule has 0 unspecified atom stereocenters. The van der Waals surface area contributed by atoms with Gasteiger partial charge in [-0.3, -0.25) is 4.79 Å². The molecule has 0 fully saturated rings. The highest BCUT2D eigenvalue weighted by atomic mass is 35.5. The fourth-order valence-corrected chi connectivity index (χ4v) is 5.29. The highest BCUT2D eigenvalue weighted by molar-refractivity contribution is 7.89. The molecule has 1 N–H and O–H groups in total. The average molecular weight is 436 g/mol. The van der Waals surface area contributed by atoms with Crippen molar-refractivity contribution in [3.63, 3.8) is 0 Å². The largest absolute Gasteiger partial charge is 0.373 e. The zero-order valence-corrected chi connectivity index (χ0v) is 18.6. The Bertz CT molecular complexity index is 1030. The highest BCUT2D eigenvalue weighted by Crippen LogP contribution is 2.27. The second-order valence-electron chi connectivity index (χ2n) is 8.28. The molecule has 0 aliphatic carbocycles. The monoisotopic (exact) mass is 435 g/mol. The van der Waals surface area contributed by atoms with Crippen LogP contribution in [0, 0.1) is 0 Å². The number of nitrogens with one attached hydrogen (secondary N) is 1. The van der Waals surface area contributed by atoms with Crippen molar-refractivity contribution in [1.82, 2.24) is 9.62 Å². The van der Waals surface area contributed by atoms with Crippen molar-refractivity contribution in [3.8, 4) is 0 Å². The lowest BCUT2D eigenvalue weighted by molar-refractivity contribution is 0.0751. The van der Waals surface area contributed by atoms with E-state index < -0.39 is 15.6 Å². The van der Waals surface area contributed by atoms with E-state index in [1.165, 1.54) is 12.1 Å². The van der Waals surface area contributed by atoms with Crippen LogP contribution in [0.25, 0.3) is 0 Å². The molecule has 0 spiro atoms. The lowest BCUT2D eigenvalue weighted by Crippen LogP contribution is -2.40. The molecule has 156 valence electrons. The molecule has 29 heavy (non-hydrogen) atoms. The van der Waals surface area contributed by atoms with Gasteiger partial charge in [0, 0.05) is 43.5 Å². The molecular formula is C21H26ClN3O3S. The third kappa shape index (κ3) is 4.91. The Kier molecular flexibility index (Phi) is 5.94. The summed E-state index contributed by atoms with van der Waals surface area (Å²) >= 11 is 6.16. The van der Waals surface area contributed by atoms with Crippen LogP contribution in [0.3, 0.4) is 0 Å². The third-order valence-corrected chi connectivity index (χ3v) is 6.90. The summed E-state index contributed by atoms with van der Waals surface area (Å²) in [6, 6.07) is 12.4. The molecular weight excluding hydrogens is 410 g/mol. The minimum absolute atomic E-state index is 0.0826. The highest BCUT2D eigenvalue weighted by Gasteiger charge is 2.27. The predicted octanol–water partition coefficient (Wildman–Crippen LogP) is 3.51. The first-order valence-electron chi connectivity index (χ1n) is 9.40. The Morgan fingerprint density at radius 3 is 2.48 bits per heavy atom. The van der Waals surface area contributed by atoms with Crippen LogP contribution in [0.15, 0.2) is 47.4 Å². The first-order chi connectivity index (χ1) is 13.5. The van der Waals surface area contributed by atoms with Crippen molar-refractivity contribution in [3.05, 3.63) is 58.6 Å². The van der Waals surface area contributed by atoms with Crippen LogP contribution in [-0.4, -0.2) is 44.9 Å². The Morgan fingerprint density at radius 1 is 1.10 bits per heavy atom. The molecule has 0 atom stereocenters. The Labute approximate surface area is 177 Å². The van der Waals surface area contributed by atoms with E-state index in [1.54, 1.807) is 31.7 Å². The van der Waals surface area contributed by atoms with Gasteiger partial charge in [0.1, 0.15) is 4.90 Å². The summed E-state index contributed by atoms with van der Waals surface area (Å²) < 4.78 is 28.1. The smallest absolute Gasteiger partial charge is 0.254 e. The number of rotatable bonds is 3. The Morgan fingerprint density at radius 2 is 1.79 bits per heavy atom. The van der Waals surface area contributed by atoms with E-state index >= 15 is 0 Å². The van der Waals surface area contributed by atoms with E-state index in [2.05, 4.69) is 9.62 Å². The minimum Gasteiger partial charge on any atom is -0.373 e. The molecule has 1 heterocycles. The van der Waals surface area contributed by atoms with Crippen LogP contribution in [0.1, 0.15) is 36.7 Å². The van der Waals surface area contributed by atoms with Gasteiger partial charge in [-0.15, -0.1) is 0 Å². The van der Waals surface area contributed by atoms with Crippen molar-refractivity contribution in [2.75, 3.05) is 25.0 Å². The normalized spacial score (nSPS) is 15.1. The summed E-state index contributed by atoms with van der Waals surface area (Å²) in [5.41, 5.74) is 1.78. The zero-order valence-electron chi connectivity index (χ0n) is 17.1. The second-order valence-corrected chi connectivity index (χ2v) is 10.3. The number of anilines is 1. The number of carbonyl (C=O) groups excluding carboxylic acids is 1. The Hall–Kier alpha value is -2.09. The van der Waals surface area contributed by atoms with Crippen molar-refractivity contribution < 1.29 is 13.2 Å². The van der Waals surface area contributed by atoms with Gasteiger partial charge < -0.3 is 9.80 Å². The number of para-hydroxylation sites is 1. The van der Waals surface area contributed by atoms with E-state index in [4.69, 9.17) is 11.6 Å². The number of hydrogen-bond donors (Lipinski definition) is 1. The molecule has 6 nitrogen and oxygen atoms in total. The van der Waals surface area contributed by atoms with Gasteiger partial charge in [0.25, 0.3) is 5.91 Å². The maximum absolute atomic E-state index is 13.2. The minimum atomic E-state index is -3.86. The van der Waals surface area contributed by atoms with E-state index in [0.29, 0.717) is 25.2 Å². The first kappa shape index (κ1) is 21.6. The number of likely N-dealkylation sites (N-methyl/N-ethyl adjacent to an activating group) is 1. The van der Waals surface area contributed by atoms with Gasteiger partial charge in [-0.1, -0.05) is 29.8 Å². The van der Waals surface area contributed by atoms with Gasteiger partial charge in [-0.25, -0.2) is 13.1 Å². The number of carbonyl (C=O) groups is 1. The van der Waals surface area contributed by atoms with Crippen LogP contribution in [0.5, 0.6) is 0 Å². The molecule has 8 heteroatoms. The standard InChI is InChI=1S/C21H26ClN3O3S/c1-21(2,3)23-29(27,28)19-13-15(9-10-17(19)22)20(26)25-12-11-24(4)18-8-6-5-7-16(18)14-25/h5-10,13,23H,11-12,14H2,1-4H3. The molecule has 3 rings (SSSR count). The molecule has 0 bridgehead atoms. The SMILES string of the molecule is CN1CCN(C(=O)c2ccc(Cl)c(S(=O)(=O)NC(C)(C)C)c2)Cc2ccccc21. The van der Waals surface area contributed by atoms with E-state index in [1.807, 2.05) is 31.3 Å². The summed E-state index contributed by atoms with van der Waals surface area (Å²) in [7, 11) is -1.86. The molecule has 0 saturated heterocycles. The maximum Gasteiger partial charge on any atom is 0.254 e. The Balaban J connectivity index is 1.93. The lowest BCUT2D eigenvalue weighted by atomic mass is 10.1. The number of benzene rings is 2. The molecule has 1 amide bonds. The number of fused-ring (bicyclic) bond motifs is 1. The van der Waals surface area contributed by atoms with E-state index in [-0.39, 0.29) is 15.8 Å². The second kappa shape index (κ2) is 7.97. The van der Waals surface area contributed by atoms with Crippen molar-refractivity contribution >= 4 is 33.2 Å². The van der Waals surface area contributed by atoms with Gasteiger partial charge >= 0.3 is 0 Å². The molecule has 0 aromatic heterocycles. The zero-order chi connectivity index (χ0) is 21.4. The summed E-state index contributed by atoms with van der Waals surface area (Å²) in [6.45, 7) is 6.93. The number of nitrogens with zero attached hydrogens (tertiary/aromatic N) is 2. The summed E-state index contributed by atoms with van der Waals surface area (Å²) in [4.78, 5) is 17.0. The summed E-state index contributed by atoms with van der Waals surface area (Å²) in [5, 5.41) is 0.0826. The molecule has 2 aromatic carbocycles. The fourth-order valence-electron chi connectivity index (χ4n) is 3.35. The van der Waals surface area contributed by atoms with Gasteiger partial charge in [-0.2, -0.15) is 0 Å². The fraction of sp³-hybridized carbons (Fsp3) is 0.381. The van der Waals surface area contributed by atoms with Crippen LogP contribution >= 0.6 is 11.6 Å². The van der Waals surface area contributed by atoms with Crippen molar-refractivity contribution in [2.24, 2.45) is 0 Å². The molecule has 0 saturated carbocycles. The van der Waals surface area contributed by atoms with Crippen LogP contribution in [0.4, 0.5) is 5.69 Å². The number of amides is 1. The van der Waals surface area contributed by atoms with Gasteiger partial charge in [0.05, 0.1) is 5.02 Å². The van der Waals surface area contributed by atoms with Gasteiger partial charge in [0.2, 0.25) is 10.0 Å². The van der Waals surface area contributed by atoms with Crippen LogP contribution < -0.4 is 9.62 Å². The molecule has 0 radical (unpaired) electrons. The molecule has 2 aromatic rings. The third-order valence-electron chi connectivity index (χ3n) is 4.66. The van der Waals surface area contributed by atoms with Crippen molar-refractivity contribution in [1.29, 1.82) is 0 Å². The van der Waals surface area contributed by atoms with E-state index in [9.17, 15) is 13.2 Å². The topological polar surface area (TPSA) is 69.7 Å². The van der Waals surface area contributed by atoms with Crippen LogP contribution in [-0.2, 0) is 16.6 Å². The predicted molar refractivity (Wildman–Crippen MR) is 116 cm³/mol. The molecule has 1 aliphatic rings. The number of halogens is 1. The van der Waals surface area contributed by atoms with Crippen LogP contribution in [0.2, 0.25) is 5.02 Å². The summed E-state index contributed by atoms with van der Waals surface area (Å²) in [5.74, 6) is -0.223. The maximum atomic E-state index is 13.2. The van der Waals surface area contributed by atoms with E-state index in [0.717, 1.165) is 11.3 Å². The van der Waals surface area contributed by atoms with Gasteiger partial charge in [-0.05, 0) is 50.6 Å². The first-order valence-corrected chi connectivity index (χ1v) is 11.3. The number of hydrogen-bond acceptors (Lipinski definition) is 4. The average Bonchev–Trinajstić information content (AvgIpc) is 2.79. The van der Waals surface area contributed by atoms with Crippen molar-refractivity contribution in [2.45, 2.75) is 37.8 Å².